The summed E-state index contributed by atoms with van der Waals surface area (Å²) in [5.41, 5.74) is 5.67. The zero-order chi connectivity index (χ0) is 15.4. The molecular formula is C19H26N2. The van der Waals surface area contributed by atoms with Gasteiger partial charge in [0.15, 0.2) is 0 Å². The van der Waals surface area contributed by atoms with Crippen LogP contribution in [0.25, 0.3) is 0 Å². The van der Waals surface area contributed by atoms with Crippen LogP contribution in [0.1, 0.15) is 50.2 Å². The molecular weight excluding hydrogens is 256 g/mol. The van der Waals surface area contributed by atoms with Crippen molar-refractivity contribution in [1.29, 1.82) is 5.41 Å². The number of anilines is 1. The van der Waals surface area contributed by atoms with Crippen LogP contribution in [0.5, 0.6) is 0 Å². The third kappa shape index (κ3) is 3.44. The van der Waals surface area contributed by atoms with Crippen LogP contribution in [0.2, 0.25) is 0 Å². The van der Waals surface area contributed by atoms with E-state index in [1.165, 1.54) is 16.8 Å². The van der Waals surface area contributed by atoms with Crippen molar-refractivity contribution >= 4 is 11.4 Å². The first-order valence-electron chi connectivity index (χ1n) is 7.78. The summed E-state index contributed by atoms with van der Waals surface area (Å²) in [5.74, 6) is 0.332. The van der Waals surface area contributed by atoms with Crippen LogP contribution in [0.3, 0.4) is 0 Å². The third-order valence-corrected chi connectivity index (χ3v) is 4.15. The second-order valence-corrected chi connectivity index (χ2v) is 6.02. The average Bonchev–Trinajstić information content (AvgIpc) is 2.90. The van der Waals surface area contributed by atoms with Crippen molar-refractivity contribution in [3.8, 4) is 0 Å². The van der Waals surface area contributed by atoms with E-state index in [0.717, 1.165) is 30.5 Å². The van der Waals surface area contributed by atoms with Gasteiger partial charge in [-0.05, 0) is 37.5 Å². The van der Waals surface area contributed by atoms with E-state index in [1.54, 1.807) is 0 Å². The number of nitrogens with one attached hydrogen (secondary N) is 1. The van der Waals surface area contributed by atoms with E-state index >= 15 is 0 Å². The number of nitrogens with zero attached hydrogens (tertiary/aromatic N) is 1. The summed E-state index contributed by atoms with van der Waals surface area (Å²) in [6.07, 6.45) is 9.60. The molecule has 1 unspecified atom stereocenters. The van der Waals surface area contributed by atoms with Crippen molar-refractivity contribution in [3.63, 3.8) is 0 Å². The lowest BCUT2D eigenvalue weighted by Crippen LogP contribution is -2.12. The second-order valence-electron chi connectivity index (χ2n) is 6.02. The van der Waals surface area contributed by atoms with Crippen LogP contribution in [0.4, 0.5) is 5.69 Å². The lowest BCUT2D eigenvalue weighted by molar-refractivity contribution is 0.831. The number of benzene rings is 1. The Kier molecular flexibility index (Phi) is 5.00. The molecule has 2 heteroatoms. The van der Waals surface area contributed by atoms with Crippen LogP contribution >= 0.6 is 0 Å². The van der Waals surface area contributed by atoms with Gasteiger partial charge in [0.2, 0.25) is 0 Å². The van der Waals surface area contributed by atoms with Crippen molar-refractivity contribution in [2.75, 3.05) is 19.0 Å². The van der Waals surface area contributed by atoms with Gasteiger partial charge in [-0.2, -0.15) is 0 Å². The number of allylic oxidation sites excluding steroid dienone is 4. The SMILES string of the molecule is CCCCC(=N)c1cc(N(C)C)ccc1C1C=CC=C1C. The van der Waals surface area contributed by atoms with Crippen LogP contribution in [-0.2, 0) is 0 Å². The van der Waals surface area contributed by atoms with E-state index in [0.29, 0.717) is 5.92 Å². The first-order valence-corrected chi connectivity index (χ1v) is 7.78. The second kappa shape index (κ2) is 6.75. The highest BCUT2D eigenvalue weighted by atomic mass is 15.1. The summed E-state index contributed by atoms with van der Waals surface area (Å²) in [7, 11) is 4.10. The summed E-state index contributed by atoms with van der Waals surface area (Å²) in [5, 5.41) is 8.48. The molecule has 0 heterocycles. The molecule has 1 atom stereocenters. The Morgan fingerprint density at radius 2 is 2.05 bits per heavy atom. The first-order chi connectivity index (χ1) is 10.0. The Bertz CT molecular complexity index is 579. The monoisotopic (exact) mass is 282 g/mol. The van der Waals surface area contributed by atoms with Crippen LogP contribution in [-0.4, -0.2) is 19.8 Å². The molecule has 1 aromatic carbocycles. The van der Waals surface area contributed by atoms with Gasteiger partial charge in [0, 0.05) is 37.0 Å². The van der Waals surface area contributed by atoms with Gasteiger partial charge in [0.1, 0.15) is 0 Å². The van der Waals surface area contributed by atoms with E-state index in [4.69, 9.17) is 5.41 Å². The lowest BCUT2D eigenvalue weighted by Gasteiger charge is -2.20. The Labute approximate surface area is 128 Å². The third-order valence-electron chi connectivity index (χ3n) is 4.15. The molecule has 0 radical (unpaired) electrons. The molecule has 21 heavy (non-hydrogen) atoms. The summed E-state index contributed by atoms with van der Waals surface area (Å²) in [4.78, 5) is 2.10. The van der Waals surface area contributed by atoms with Crippen LogP contribution < -0.4 is 4.90 Å². The highest BCUT2D eigenvalue weighted by Gasteiger charge is 2.19. The number of hydrogen-bond donors (Lipinski definition) is 1. The zero-order valence-electron chi connectivity index (χ0n) is 13.6. The standard InChI is InChI=1S/C19H26N2/c1-5-6-10-19(20)18-13-15(21(3)4)11-12-17(18)16-9-7-8-14(16)2/h7-9,11-13,16,20H,5-6,10H2,1-4H3. The number of unbranched alkanes of at least 4 members (excludes halogenated alkanes) is 1. The molecule has 2 nitrogen and oxygen atoms in total. The smallest absolute Gasteiger partial charge is 0.0390 e. The summed E-state index contributed by atoms with van der Waals surface area (Å²) >= 11 is 0. The van der Waals surface area contributed by atoms with Crippen molar-refractivity contribution in [3.05, 3.63) is 53.1 Å². The predicted molar refractivity (Wildman–Crippen MR) is 92.8 cm³/mol. The van der Waals surface area contributed by atoms with Gasteiger partial charge < -0.3 is 10.3 Å². The molecule has 0 fully saturated rings. The fourth-order valence-electron chi connectivity index (χ4n) is 2.77. The fourth-order valence-corrected chi connectivity index (χ4v) is 2.77. The fraction of sp³-hybridized carbons (Fsp3) is 0.421. The summed E-state index contributed by atoms with van der Waals surface area (Å²) < 4.78 is 0. The van der Waals surface area contributed by atoms with Crippen molar-refractivity contribution < 1.29 is 0 Å². The molecule has 0 saturated heterocycles. The largest absolute Gasteiger partial charge is 0.378 e. The maximum Gasteiger partial charge on any atom is 0.0390 e. The Morgan fingerprint density at radius 1 is 1.29 bits per heavy atom. The van der Waals surface area contributed by atoms with Crippen LogP contribution in [0, 0.1) is 5.41 Å². The minimum Gasteiger partial charge on any atom is -0.378 e. The minimum absolute atomic E-state index is 0.332. The topological polar surface area (TPSA) is 27.1 Å². The van der Waals surface area contributed by atoms with Gasteiger partial charge in [-0.15, -0.1) is 0 Å². The number of hydrogen-bond acceptors (Lipinski definition) is 2. The lowest BCUT2D eigenvalue weighted by atomic mass is 9.87. The molecule has 1 N–H and O–H groups in total. The van der Waals surface area contributed by atoms with E-state index in [-0.39, 0.29) is 0 Å². The molecule has 2 rings (SSSR count). The van der Waals surface area contributed by atoms with Gasteiger partial charge in [-0.3, -0.25) is 0 Å². The van der Waals surface area contributed by atoms with Crippen molar-refractivity contribution in [1.82, 2.24) is 0 Å². The Balaban J connectivity index is 2.41. The van der Waals surface area contributed by atoms with Crippen molar-refractivity contribution in [2.24, 2.45) is 0 Å². The van der Waals surface area contributed by atoms with Gasteiger partial charge in [0.05, 0.1) is 0 Å². The van der Waals surface area contributed by atoms with Gasteiger partial charge in [0.25, 0.3) is 0 Å². The van der Waals surface area contributed by atoms with E-state index in [1.807, 2.05) is 0 Å². The van der Waals surface area contributed by atoms with Gasteiger partial charge in [-0.1, -0.05) is 43.2 Å². The van der Waals surface area contributed by atoms with Crippen molar-refractivity contribution in [2.45, 2.75) is 39.0 Å². The molecule has 1 aliphatic carbocycles. The first kappa shape index (κ1) is 15.6. The number of rotatable bonds is 6. The predicted octanol–water partition coefficient (Wildman–Crippen LogP) is 4.91. The highest BCUT2D eigenvalue weighted by Crippen LogP contribution is 2.34. The highest BCUT2D eigenvalue weighted by molar-refractivity contribution is 6.00. The maximum absolute atomic E-state index is 8.48. The molecule has 0 aliphatic heterocycles. The van der Waals surface area contributed by atoms with E-state index in [2.05, 4.69) is 69.3 Å². The zero-order valence-corrected chi connectivity index (χ0v) is 13.6. The maximum atomic E-state index is 8.48. The van der Waals surface area contributed by atoms with Gasteiger partial charge in [-0.25, -0.2) is 0 Å². The molecule has 112 valence electrons. The molecule has 1 aliphatic rings. The minimum atomic E-state index is 0.332. The molecule has 0 amide bonds. The average molecular weight is 282 g/mol. The molecule has 0 spiro atoms. The molecule has 0 saturated carbocycles. The normalized spacial score (nSPS) is 17.0. The molecule has 1 aromatic rings. The summed E-state index contributed by atoms with van der Waals surface area (Å²) in [6, 6.07) is 6.53. The van der Waals surface area contributed by atoms with E-state index in [9.17, 15) is 0 Å². The Morgan fingerprint density at radius 3 is 2.62 bits per heavy atom. The van der Waals surface area contributed by atoms with Gasteiger partial charge >= 0.3 is 0 Å². The van der Waals surface area contributed by atoms with Crippen LogP contribution in [0.15, 0.2) is 42.0 Å². The van der Waals surface area contributed by atoms with E-state index < -0.39 is 0 Å². The summed E-state index contributed by atoms with van der Waals surface area (Å²) in [6.45, 7) is 4.35. The quantitative estimate of drug-likeness (QED) is 0.737. The Hall–Kier alpha value is -1.83. The molecule has 0 aromatic heterocycles. The molecule has 0 bridgehead atoms.